The van der Waals surface area contributed by atoms with E-state index < -0.39 is 0 Å². The molecular formula is C14H18ClN3O2. The molecule has 20 heavy (non-hydrogen) atoms. The Morgan fingerprint density at radius 2 is 2.15 bits per heavy atom. The molecule has 6 heteroatoms. The molecule has 1 fully saturated rings. The molecule has 1 aliphatic rings. The van der Waals surface area contributed by atoms with E-state index in [1.807, 2.05) is 0 Å². The van der Waals surface area contributed by atoms with Crippen molar-refractivity contribution in [3.05, 3.63) is 28.8 Å². The summed E-state index contributed by atoms with van der Waals surface area (Å²) in [5.74, 6) is 0.407. The molecule has 0 radical (unpaired) electrons. The van der Waals surface area contributed by atoms with Gasteiger partial charge in [-0.2, -0.15) is 0 Å². The fraction of sp³-hybridized carbons (Fsp3) is 0.429. The summed E-state index contributed by atoms with van der Waals surface area (Å²) in [6.45, 7) is 0. The molecule has 1 amide bonds. The number of rotatable bonds is 4. The van der Waals surface area contributed by atoms with Gasteiger partial charge < -0.3 is 16.3 Å². The van der Waals surface area contributed by atoms with Gasteiger partial charge in [-0.3, -0.25) is 4.79 Å². The van der Waals surface area contributed by atoms with Crippen molar-refractivity contribution in [3.63, 3.8) is 0 Å². The van der Waals surface area contributed by atoms with E-state index in [2.05, 4.69) is 10.5 Å². The smallest absolute Gasteiger partial charge is 0.224 e. The molecule has 0 aromatic heterocycles. The van der Waals surface area contributed by atoms with Gasteiger partial charge in [0.25, 0.3) is 0 Å². The van der Waals surface area contributed by atoms with Crippen molar-refractivity contribution in [2.45, 2.75) is 32.1 Å². The van der Waals surface area contributed by atoms with Crippen LogP contribution in [0.2, 0.25) is 5.02 Å². The van der Waals surface area contributed by atoms with Crippen molar-refractivity contribution in [3.8, 4) is 0 Å². The van der Waals surface area contributed by atoms with E-state index >= 15 is 0 Å². The van der Waals surface area contributed by atoms with Crippen LogP contribution in [0.3, 0.4) is 0 Å². The zero-order chi connectivity index (χ0) is 14.5. The van der Waals surface area contributed by atoms with Crippen molar-refractivity contribution >= 4 is 29.0 Å². The Balaban J connectivity index is 2.05. The minimum Gasteiger partial charge on any atom is -0.409 e. The number of amidine groups is 1. The van der Waals surface area contributed by atoms with Crippen molar-refractivity contribution in [2.75, 3.05) is 5.32 Å². The van der Waals surface area contributed by atoms with Gasteiger partial charge in [0.15, 0.2) is 5.84 Å². The van der Waals surface area contributed by atoms with Crippen molar-refractivity contribution in [1.82, 2.24) is 0 Å². The zero-order valence-electron chi connectivity index (χ0n) is 11.1. The molecule has 1 aromatic carbocycles. The van der Waals surface area contributed by atoms with Crippen LogP contribution in [0.15, 0.2) is 23.4 Å². The molecule has 0 spiro atoms. The minimum atomic E-state index is -0.0459. The predicted molar refractivity (Wildman–Crippen MR) is 79.2 cm³/mol. The summed E-state index contributed by atoms with van der Waals surface area (Å²) in [6.07, 6.45) is 5.16. The number of amides is 1. The lowest BCUT2D eigenvalue weighted by Crippen LogP contribution is -2.17. The van der Waals surface area contributed by atoms with Gasteiger partial charge in [0, 0.05) is 12.0 Å². The number of anilines is 1. The summed E-state index contributed by atoms with van der Waals surface area (Å²) in [5, 5.41) is 14.8. The number of carbonyl (C=O) groups excluding carboxylic acids is 1. The lowest BCUT2D eigenvalue weighted by molar-refractivity contribution is -0.117. The molecule has 0 bridgehead atoms. The molecule has 0 aliphatic heterocycles. The Morgan fingerprint density at radius 3 is 2.80 bits per heavy atom. The highest BCUT2D eigenvalue weighted by molar-refractivity contribution is 6.33. The standard InChI is InChI=1S/C14H18ClN3O2/c15-11-6-5-10(14(16)18-20)8-12(11)17-13(19)7-9-3-1-2-4-9/h5-6,8-9,20H,1-4,7H2,(H2,16,18)(H,17,19). The van der Waals surface area contributed by atoms with Crippen LogP contribution < -0.4 is 11.1 Å². The maximum atomic E-state index is 12.0. The Morgan fingerprint density at radius 1 is 1.45 bits per heavy atom. The molecule has 4 N–H and O–H groups in total. The third-order valence-electron chi connectivity index (χ3n) is 3.59. The van der Waals surface area contributed by atoms with E-state index in [4.69, 9.17) is 22.5 Å². The van der Waals surface area contributed by atoms with Crippen molar-refractivity contribution in [1.29, 1.82) is 0 Å². The highest BCUT2D eigenvalue weighted by Crippen LogP contribution is 2.29. The first kappa shape index (κ1) is 14.7. The number of carbonyl (C=O) groups is 1. The Labute approximate surface area is 122 Å². The molecule has 1 aromatic rings. The topological polar surface area (TPSA) is 87.7 Å². The number of nitrogens with two attached hydrogens (primary N) is 1. The van der Waals surface area contributed by atoms with Crippen molar-refractivity contribution < 1.29 is 10.0 Å². The number of nitrogens with one attached hydrogen (secondary N) is 1. The fourth-order valence-corrected chi connectivity index (χ4v) is 2.68. The monoisotopic (exact) mass is 295 g/mol. The second-order valence-electron chi connectivity index (χ2n) is 5.08. The van der Waals surface area contributed by atoms with E-state index in [-0.39, 0.29) is 11.7 Å². The quantitative estimate of drug-likeness (QED) is 0.345. The van der Waals surface area contributed by atoms with Gasteiger partial charge in [0.1, 0.15) is 0 Å². The summed E-state index contributed by atoms with van der Waals surface area (Å²) in [5.41, 5.74) is 6.51. The molecular weight excluding hydrogens is 278 g/mol. The van der Waals surface area contributed by atoms with Crippen LogP contribution in [-0.4, -0.2) is 17.0 Å². The van der Waals surface area contributed by atoms with Gasteiger partial charge in [0.2, 0.25) is 5.91 Å². The van der Waals surface area contributed by atoms with E-state index in [0.29, 0.717) is 28.6 Å². The third kappa shape index (κ3) is 3.63. The first-order valence-corrected chi connectivity index (χ1v) is 7.05. The van der Waals surface area contributed by atoms with Crippen LogP contribution in [0.5, 0.6) is 0 Å². The molecule has 0 saturated heterocycles. The van der Waals surface area contributed by atoms with Crippen LogP contribution in [0, 0.1) is 5.92 Å². The number of hydrogen-bond donors (Lipinski definition) is 3. The van der Waals surface area contributed by atoms with E-state index in [0.717, 1.165) is 12.8 Å². The second-order valence-corrected chi connectivity index (χ2v) is 5.49. The van der Waals surface area contributed by atoms with Crippen LogP contribution in [0.1, 0.15) is 37.7 Å². The first-order chi connectivity index (χ1) is 9.60. The van der Waals surface area contributed by atoms with Crippen LogP contribution in [0.25, 0.3) is 0 Å². The summed E-state index contributed by atoms with van der Waals surface area (Å²) >= 11 is 6.05. The summed E-state index contributed by atoms with van der Waals surface area (Å²) in [4.78, 5) is 12.0. The Kier molecular flexibility index (Phi) is 4.84. The number of halogens is 1. The van der Waals surface area contributed by atoms with Gasteiger partial charge >= 0.3 is 0 Å². The first-order valence-electron chi connectivity index (χ1n) is 6.67. The molecule has 0 heterocycles. The maximum absolute atomic E-state index is 12.0. The normalized spacial score (nSPS) is 16.4. The summed E-state index contributed by atoms with van der Waals surface area (Å²) in [6, 6.07) is 4.84. The number of nitrogens with zero attached hydrogens (tertiary/aromatic N) is 1. The molecule has 0 atom stereocenters. The predicted octanol–water partition coefficient (Wildman–Crippen LogP) is 2.95. The summed E-state index contributed by atoms with van der Waals surface area (Å²) in [7, 11) is 0. The molecule has 0 unspecified atom stereocenters. The van der Waals surface area contributed by atoms with E-state index in [9.17, 15) is 4.79 Å². The van der Waals surface area contributed by atoms with Crippen LogP contribution in [-0.2, 0) is 4.79 Å². The maximum Gasteiger partial charge on any atom is 0.224 e. The Bertz CT molecular complexity index is 525. The van der Waals surface area contributed by atoms with Gasteiger partial charge in [-0.1, -0.05) is 29.6 Å². The Hall–Kier alpha value is -1.75. The zero-order valence-corrected chi connectivity index (χ0v) is 11.9. The van der Waals surface area contributed by atoms with E-state index in [1.54, 1.807) is 18.2 Å². The lowest BCUT2D eigenvalue weighted by Gasteiger charge is -2.11. The molecule has 1 saturated carbocycles. The highest BCUT2D eigenvalue weighted by atomic mass is 35.5. The van der Waals surface area contributed by atoms with Crippen LogP contribution >= 0.6 is 11.6 Å². The van der Waals surface area contributed by atoms with Gasteiger partial charge in [0.05, 0.1) is 10.7 Å². The number of oxime groups is 1. The molecule has 5 nitrogen and oxygen atoms in total. The SMILES string of the molecule is N/C(=N/O)c1ccc(Cl)c(NC(=O)CC2CCCC2)c1. The van der Waals surface area contributed by atoms with Crippen molar-refractivity contribution in [2.24, 2.45) is 16.8 Å². The largest absolute Gasteiger partial charge is 0.409 e. The van der Waals surface area contributed by atoms with Crippen LogP contribution in [0.4, 0.5) is 5.69 Å². The molecule has 2 rings (SSSR count). The lowest BCUT2D eigenvalue weighted by atomic mass is 10.0. The van der Waals surface area contributed by atoms with E-state index in [1.165, 1.54) is 12.8 Å². The van der Waals surface area contributed by atoms with Gasteiger partial charge in [-0.05, 0) is 37.0 Å². The molecule has 108 valence electrons. The summed E-state index contributed by atoms with van der Waals surface area (Å²) < 4.78 is 0. The number of benzene rings is 1. The number of hydrogen-bond acceptors (Lipinski definition) is 3. The molecule has 1 aliphatic carbocycles. The van der Waals surface area contributed by atoms with Gasteiger partial charge in [-0.25, -0.2) is 0 Å². The average Bonchev–Trinajstić information content (AvgIpc) is 2.93. The highest BCUT2D eigenvalue weighted by Gasteiger charge is 2.19. The fourth-order valence-electron chi connectivity index (χ4n) is 2.52. The second kappa shape index (κ2) is 6.61. The average molecular weight is 296 g/mol. The minimum absolute atomic E-state index is 0.0204. The van der Waals surface area contributed by atoms with Gasteiger partial charge in [-0.15, -0.1) is 0 Å². The third-order valence-corrected chi connectivity index (χ3v) is 3.92.